The lowest BCUT2D eigenvalue weighted by atomic mass is 9.91. The molecule has 2 atom stereocenters. The molecule has 4 heterocycles. The highest BCUT2D eigenvalue weighted by Crippen LogP contribution is 2.39. The Bertz CT molecular complexity index is 2240. The summed E-state index contributed by atoms with van der Waals surface area (Å²) in [4.78, 5) is 45.7. The van der Waals surface area contributed by atoms with Crippen LogP contribution in [0.25, 0.3) is 44.1 Å². The summed E-state index contributed by atoms with van der Waals surface area (Å²) in [5.74, 6) is -2.11. The number of aromatic nitrogens is 6. The van der Waals surface area contributed by atoms with Crippen molar-refractivity contribution in [1.29, 1.82) is 0 Å². The Morgan fingerprint density at radius 3 is 2.00 bits per heavy atom. The van der Waals surface area contributed by atoms with Crippen molar-refractivity contribution in [3.63, 3.8) is 0 Å². The molecule has 45 heavy (non-hydrogen) atoms. The average molecular weight is 631 g/mol. The Balaban J connectivity index is 1.19. The fraction of sp³-hybridized carbons (Fsp3) is 0.188. The van der Waals surface area contributed by atoms with E-state index in [2.05, 4.69) is 29.9 Å². The van der Waals surface area contributed by atoms with Crippen molar-refractivity contribution in [2.24, 2.45) is 0 Å². The first-order valence-electron chi connectivity index (χ1n) is 13.9. The van der Waals surface area contributed by atoms with Gasteiger partial charge in [-0.05, 0) is 37.1 Å². The van der Waals surface area contributed by atoms with Crippen LogP contribution in [0.3, 0.4) is 0 Å². The maximum Gasteiger partial charge on any atom is 0.258 e. The summed E-state index contributed by atoms with van der Waals surface area (Å²) in [5, 5.41) is 21.8. The van der Waals surface area contributed by atoms with Gasteiger partial charge in [-0.15, -0.1) is 0 Å². The molecule has 0 amide bonds. The average Bonchev–Trinajstić information content (AvgIpc) is 3.00. The van der Waals surface area contributed by atoms with E-state index >= 15 is 4.39 Å². The minimum Gasteiger partial charge on any atom is -0.506 e. The molecule has 0 radical (unpaired) electrons. The van der Waals surface area contributed by atoms with Crippen molar-refractivity contribution in [3.05, 3.63) is 104 Å². The molecule has 4 N–H and O–H groups in total. The first-order valence-corrected chi connectivity index (χ1v) is 14.3. The van der Waals surface area contributed by atoms with E-state index in [-0.39, 0.29) is 66.9 Å². The molecule has 2 unspecified atom stereocenters. The van der Waals surface area contributed by atoms with Gasteiger partial charge in [0.05, 0.1) is 45.4 Å². The van der Waals surface area contributed by atoms with Crippen molar-refractivity contribution in [2.75, 3.05) is 0 Å². The fourth-order valence-electron chi connectivity index (χ4n) is 5.46. The second-order valence-corrected chi connectivity index (χ2v) is 11.3. The minimum absolute atomic E-state index is 0.00507. The molecule has 0 spiro atoms. The number of aromatic hydroxyl groups is 2. The van der Waals surface area contributed by atoms with E-state index in [1.54, 1.807) is 0 Å². The van der Waals surface area contributed by atoms with Gasteiger partial charge in [-0.25, -0.2) is 18.7 Å². The van der Waals surface area contributed by atoms with Crippen LogP contribution in [0.2, 0.25) is 5.02 Å². The normalized spacial score (nSPS) is 12.9. The van der Waals surface area contributed by atoms with E-state index in [4.69, 9.17) is 11.6 Å². The first-order chi connectivity index (χ1) is 21.5. The fourth-order valence-corrected chi connectivity index (χ4v) is 5.76. The molecular formula is C32H25ClF2N6O4. The van der Waals surface area contributed by atoms with Crippen LogP contribution in [-0.4, -0.2) is 40.1 Å². The Hall–Kier alpha value is -5.23. The number of fused-ring (bicyclic) bond motifs is 2. The van der Waals surface area contributed by atoms with E-state index in [0.29, 0.717) is 29.8 Å². The summed E-state index contributed by atoms with van der Waals surface area (Å²) >= 11 is 6.32. The molecule has 228 valence electrons. The number of pyridine rings is 2. The van der Waals surface area contributed by atoms with Crippen LogP contribution >= 0.6 is 11.6 Å². The van der Waals surface area contributed by atoms with Gasteiger partial charge in [-0.1, -0.05) is 25.4 Å². The molecule has 0 aliphatic rings. The molecule has 2 aromatic carbocycles. The minimum atomic E-state index is -0.799. The zero-order chi connectivity index (χ0) is 32.0. The summed E-state index contributed by atoms with van der Waals surface area (Å²) in [6, 6.07) is 6.64. The molecule has 6 rings (SSSR count). The van der Waals surface area contributed by atoms with Crippen LogP contribution in [0.5, 0.6) is 11.5 Å². The van der Waals surface area contributed by atoms with Gasteiger partial charge in [0, 0.05) is 52.5 Å². The highest BCUT2D eigenvalue weighted by atomic mass is 35.5. The predicted octanol–water partition coefficient (Wildman–Crippen LogP) is 6.31. The van der Waals surface area contributed by atoms with Gasteiger partial charge in [-0.3, -0.25) is 19.6 Å². The van der Waals surface area contributed by atoms with Crippen molar-refractivity contribution in [2.45, 2.75) is 38.5 Å². The maximum atomic E-state index is 15.3. The molecule has 0 bridgehead atoms. The van der Waals surface area contributed by atoms with E-state index in [9.17, 15) is 24.2 Å². The van der Waals surface area contributed by atoms with Crippen LogP contribution in [0, 0.1) is 11.6 Å². The quantitative estimate of drug-likeness (QED) is 0.160. The lowest BCUT2D eigenvalue weighted by Gasteiger charge is -2.18. The third kappa shape index (κ3) is 5.48. The van der Waals surface area contributed by atoms with Crippen LogP contribution in [-0.2, 0) is 0 Å². The van der Waals surface area contributed by atoms with Crippen molar-refractivity contribution < 1.29 is 19.0 Å². The van der Waals surface area contributed by atoms with E-state index in [1.165, 1.54) is 43.0 Å². The third-order valence-electron chi connectivity index (χ3n) is 7.92. The third-order valence-corrected chi connectivity index (χ3v) is 8.21. The van der Waals surface area contributed by atoms with E-state index < -0.39 is 22.8 Å². The summed E-state index contributed by atoms with van der Waals surface area (Å²) in [6.45, 7) is 3.76. The highest BCUT2D eigenvalue weighted by molar-refractivity contribution is 6.34. The van der Waals surface area contributed by atoms with Gasteiger partial charge in [0.2, 0.25) is 0 Å². The SMILES string of the molecule is CC(CCC(C)c1ncc(-c2c(Cl)cc3c(=O)[nH]cnc3c2F)cc1O)c1ncc(-c2cc3c(=O)[nH]cnc3cc2F)cc1O. The molecule has 0 aliphatic carbocycles. The smallest absolute Gasteiger partial charge is 0.258 e. The van der Waals surface area contributed by atoms with Gasteiger partial charge >= 0.3 is 0 Å². The Labute approximate surface area is 258 Å². The molecule has 6 aromatic rings. The number of H-pyrrole nitrogens is 2. The number of rotatable bonds is 7. The molecule has 4 aromatic heterocycles. The predicted molar refractivity (Wildman–Crippen MR) is 166 cm³/mol. The Morgan fingerprint density at radius 2 is 1.36 bits per heavy atom. The van der Waals surface area contributed by atoms with Crippen molar-refractivity contribution >= 4 is 33.4 Å². The molecule has 0 aliphatic heterocycles. The lowest BCUT2D eigenvalue weighted by molar-refractivity contribution is 0.440. The number of nitrogens with one attached hydrogen (secondary N) is 2. The molecule has 0 fully saturated rings. The van der Waals surface area contributed by atoms with Crippen LogP contribution < -0.4 is 11.1 Å². The highest BCUT2D eigenvalue weighted by Gasteiger charge is 2.22. The molecule has 10 nitrogen and oxygen atoms in total. The summed E-state index contributed by atoms with van der Waals surface area (Å²) in [5.41, 5.74) is 0.533. The maximum absolute atomic E-state index is 15.3. The molecule has 13 heteroatoms. The van der Waals surface area contributed by atoms with Crippen LogP contribution in [0.15, 0.2) is 65.0 Å². The first kappa shape index (κ1) is 29.8. The summed E-state index contributed by atoms with van der Waals surface area (Å²) in [7, 11) is 0. The zero-order valence-electron chi connectivity index (χ0n) is 23.9. The van der Waals surface area contributed by atoms with Gasteiger partial charge in [0.25, 0.3) is 11.1 Å². The lowest BCUT2D eigenvalue weighted by Crippen LogP contribution is -2.08. The van der Waals surface area contributed by atoms with Crippen LogP contribution in [0.1, 0.15) is 49.9 Å². The van der Waals surface area contributed by atoms with Gasteiger partial charge in [-0.2, -0.15) is 0 Å². The second kappa shape index (κ2) is 11.7. The number of nitrogens with zero attached hydrogens (tertiary/aromatic N) is 4. The largest absolute Gasteiger partial charge is 0.506 e. The van der Waals surface area contributed by atoms with Gasteiger partial charge < -0.3 is 20.2 Å². The standard InChI is InChI=1S/C32H25ClF2N6O4/c1-14(28-24(42)5-16(10-36-28)18-7-19-23(9-22(18)34)38-12-40-31(19)44)3-4-15(2)29-25(43)6-17(11-37-29)26-21(33)8-20-30(27(26)35)39-13-41-32(20)45/h5-15,42-43H,3-4H2,1-2H3,(H,38,40,44)(H,39,41,45). The molecular weight excluding hydrogens is 606 g/mol. The monoisotopic (exact) mass is 630 g/mol. The number of hydrogen-bond acceptors (Lipinski definition) is 8. The second-order valence-electron chi connectivity index (χ2n) is 10.9. The van der Waals surface area contributed by atoms with Gasteiger partial charge in [0.1, 0.15) is 22.8 Å². The molecule has 0 saturated carbocycles. The van der Waals surface area contributed by atoms with E-state index in [0.717, 1.165) is 12.4 Å². The Morgan fingerprint density at radius 1 is 0.778 bits per heavy atom. The topological polar surface area (TPSA) is 158 Å². The molecule has 0 saturated heterocycles. The van der Waals surface area contributed by atoms with E-state index in [1.807, 2.05) is 13.8 Å². The zero-order valence-corrected chi connectivity index (χ0v) is 24.7. The van der Waals surface area contributed by atoms with Gasteiger partial charge in [0.15, 0.2) is 5.82 Å². The van der Waals surface area contributed by atoms with Crippen molar-refractivity contribution in [1.82, 2.24) is 29.9 Å². The van der Waals surface area contributed by atoms with Crippen molar-refractivity contribution in [3.8, 4) is 33.8 Å². The van der Waals surface area contributed by atoms with Crippen LogP contribution in [0.4, 0.5) is 8.78 Å². The number of hydrogen-bond donors (Lipinski definition) is 4. The number of benzene rings is 2. The number of halogens is 3. The summed E-state index contributed by atoms with van der Waals surface area (Å²) < 4.78 is 30.2. The Kier molecular flexibility index (Phi) is 7.75. The number of aromatic amines is 2. The summed E-state index contributed by atoms with van der Waals surface area (Å²) in [6.07, 6.45) is 6.26.